The number of hydrogen-bond donors (Lipinski definition) is 0. The highest BCUT2D eigenvalue weighted by Gasteiger charge is 2.24. The van der Waals surface area contributed by atoms with Gasteiger partial charge in [0.2, 0.25) is 0 Å². The number of ketones is 1. The minimum Gasteiger partial charge on any atom is -0.293 e. The Labute approximate surface area is 86.9 Å². The van der Waals surface area contributed by atoms with Gasteiger partial charge in [0.15, 0.2) is 5.78 Å². The molecule has 0 spiro atoms. The molecule has 2 nitrogen and oxygen atoms in total. The Bertz CT molecular complexity index is 408. The van der Waals surface area contributed by atoms with E-state index in [4.69, 9.17) is 5.26 Å². The predicted molar refractivity (Wildman–Crippen MR) is 55.2 cm³/mol. The molecule has 1 aromatic rings. The highest BCUT2D eigenvalue weighted by Crippen LogP contribution is 2.30. The van der Waals surface area contributed by atoms with Gasteiger partial charge in [0.25, 0.3) is 0 Å². The van der Waals surface area contributed by atoms with E-state index in [0.717, 1.165) is 10.6 Å². The third-order valence-electron chi connectivity index (χ3n) is 2.29. The molecule has 70 valence electrons. The van der Waals surface area contributed by atoms with Crippen molar-refractivity contribution in [2.45, 2.75) is 11.3 Å². The topological polar surface area (TPSA) is 40.9 Å². The van der Waals surface area contributed by atoms with E-state index >= 15 is 0 Å². The van der Waals surface area contributed by atoms with Crippen LogP contribution in [-0.2, 0) is 0 Å². The van der Waals surface area contributed by atoms with Crippen molar-refractivity contribution >= 4 is 17.5 Å². The van der Waals surface area contributed by atoms with Crippen LogP contribution in [-0.4, -0.2) is 11.5 Å². The first-order chi connectivity index (χ1) is 6.83. The summed E-state index contributed by atoms with van der Waals surface area (Å²) in [6.45, 7) is 0. The van der Waals surface area contributed by atoms with E-state index in [0.29, 0.717) is 12.0 Å². The second kappa shape index (κ2) is 3.85. The van der Waals surface area contributed by atoms with Crippen molar-refractivity contribution in [3.63, 3.8) is 0 Å². The van der Waals surface area contributed by atoms with E-state index < -0.39 is 5.92 Å². The standard InChI is InChI=1S/C11H9NOS/c12-7-8-5-6-14-10-4-2-1-3-9(10)11(8)13/h1-4,8H,5-6H2. The molecule has 1 atom stereocenters. The summed E-state index contributed by atoms with van der Waals surface area (Å²) in [5.41, 5.74) is 0.710. The lowest BCUT2D eigenvalue weighted by molar-refractivity contribution is 0.0945. The average molecular weight is 203 g/mol. The van der Waals surface area contributed by atoms with Crippen molar-refractivity contribution in [1.29, 1.82) is 5.26 Å². The maximum absolute atomic E-state index is 11.8. The molecular weight excluding hydrogens is 194 g/mol. The molecule has 0 bridgehead atoms. The van der Waals surface area contributed by atoms with Gasteiger partial charge in [0.1, 0.15) is 5.92 Å². The largest absolute Gasteiger partial charge is 0.293 e. The molecule has 2 rings (SSSR count). The van der Waals surface area contributed by atoms with E-state index in [1.54, 1.807) is 17.8 Å². The van der Waals surface area contributed by atoms with Gasteiger partial charge in [-0.3, -0.25) is 4.79 Å². The number of hydrogen-bond acceptors (Lipinski definition) is 3. The summed E-state index contributed by atoms with van der Waals surface area (Å²) in [4.78, 5) is 12.8. The van der Waals surface area contributed by atoms with E-state index in [1.807, 2.05) is 18.2 Å². The average Bonchev–Trinajstić information content (AvgIpc) is 2.39. The van der Waals surface area contributed by atoms with Crippen LogP contribution in [0.2, 0.25) is 0 Å². The summed E-state index contributed by atoms with van der Waals surface area (Å²) in [5, 5.41) is 8.83. The Balaban J connectivity index is 2.46. The number of fused-ring (bicyclic) bond motifs is 1. The summed E-state index contributed by atoms with van der Waals surface area (Å²) in [6.07, 6.45) is 0.661. The lowest BCUT2D eigenvalue weighted by atomic mass is 9.97. The maximum atomic E-state index is 11.8. The molecule has 1 aliphatic rings. The zero-order valence-corrected chi connectivity index (χ0v) is 8.38. The molecule has 0 aliphatic carbocycles. The molecular formula is C11H9NOS. The first kappa shape index (κ1) is 9.29. The third kappa shape index (κ3) is 1.53. The van der Waals surface area contributed by atoms with E-state index in [9.17, 15) is 4.79 Å². The predicted octanol–water partition coefficient (Wildman–Crippen LogP) is 2.50. The number of rotatable bonds is 0. The monoisotopic (exact) mass is 203 g/mol. The highest BCUT2D eigenvalue weighted by molar-refractivity contribution is 7.99. The molecule has 1 aliphatic heterocycles. The Morgan fingerprint density at radius 1 is 1.43 bits per heavy atom. The Hall–Kier alpha value is -1.27. The molecule has 0 radical (unpaired) electrons. The van der Waals surface area contributed by atoms with Crippen LogP contribution in [0.15, 0.2) is 29.2 Å². The fourth-order valence-electron chi connectivity index (χ4n) is 1.52. The van der Waals surface area contributed by atoms with Crippen molar-refractivity contribution < 1.29 is 4.79 Å². The van der Waals surface area contributed by atoms with Crippen molar-refractivity contribution in [3.8, 4) is 6.07 Å². The molecule has 0 fully saturated rings. The van der Waals surface area contributed by atoms with Crippen LogP contribution in [0, 0.1) is 17.2 Å². The summed E-state index contributed by atoms with van der Waals surface area (Å²) in [6, 6.07) is 9.59. The van der Waals surface area contributed by atoms with Crippen LogP contribution in [0.3, 0.4) is 0 Å². The summed E-state index contributed by atoms with van der Waals surface area (Å²) in [5.74, 6) is 0.375. The van der Waals surface area contributed by atoms with Crippen molar-refractivity contribution in [3.05, 3.63) is 29.8 Å². The van der Waals surface area contributed by atoms with Crippen LogP contribution >= 0.6 is 11.8 Å². The molecule has 1 unspecified atom stereocenters. The molecule has 1 aromatic carbocycles. The van der Waals surface area contributed by atoms with Gasteiger partial charge in [0.05, 0.1) is 6.07 Å². The number of nitriles is 1. The van der Waals surface area contributed by atoms with Crippen LogP contribution < -0.4 is 0 Å². The molecule has 0 saturated carbocycles. The van der Waals surface area contributed by atoms with Gasteiger partial charge >= 0.3 is 0 Å². The highest BCUT2D eigenvalue weighted by atomic mass is 32.2. The van der Waals surface area contributed by atoms with Gasteiger partial charge < -0.3 is 0 Å². The Kier molecular flexibility index (Phi) is 2.55. The smallest absolute Gasteiger partial charge is 0.181 e. The van der Waals surface area contributed by atoms with Gasteiger partial charge in [-0.15, -0.1) is 11.8 Å². The van der Waals surface area contributed by atoms with Crippen molar-refractivity contribution in [2.24, 2.45) is 5.92 Å². The lowest BCUT2D eigenvalue weighted by Crippen LogP contribution is -2.12. The number of carbonyl (C=O) groups excluding carboxylic acids is 1. The van der Waals surface area contributed by atoms with Crippen LogP contribution in [0.5, 0.6) is 0 Å². The number of thioether (sulfide) groups is 1. The Morgan fingerprint density at radius 3 is 3.00 bits per heavy atom. The lowest BCUT2D eigenvalue weighted by Gasteiger charge is -2.03. The molecule has 1 heterocycles. The number of benzene rings is 1. The molecule has 14 heavy (non-hydrogen) atoms. The fraction of sp³-hybridized carbons (Fsp3) is 0.273. The quantitative estimate of drug-likeness (QED) is 0.650. The molecule has 0 saturated heterocycles. The fourth-order valence-corrected chi connectivity index (χ4v) is 2.60. The minimum atomic E-state index is -0.453. The zero-order valence-electron chi connectivity index (χ0n) is 7.56. The number of nitrogens with zero attached hydrogens (tertiary/aromatic N) is 1. The Morgan fingerprint density at radius 2 is 2.21 bits per heavy atom. The molecule has 3 heteroatoms. The van der Waals surface area contributed by atoms with E-state index in [-0.39, 0.29) is 5.78 Å². The van der Waals surface area contributed by atoms with E-state index in [1.165, 1.54) is 0 Å². The first-order valence-corrected chi connectivity index (χ1v) is 5.47. The molecule has 0 aromatic heterocycles. The SMILES string of the molecule is N#CC1CCSc2ccccc2C1=O. The van der Waals surface area contributed by atoms with Crippen molar-refractivity contribution in [2.75, 3.05) is 5.75 Å². The summed E-state index contributed by atoms with van der Waals surface area (Å²) >= 11 is 1.66. The summed E-state index contributed by atoms with van der Waals surface area (Å²) in [7, 11) is 0. The second-order valence-electron chi connectivity index (χ2n) is 3.18. The molecule has 0 N–H and O–H groups in total. The minimum absolute atomic E-state index is 0.0203. The summed E-state index contributed by atoms with van der Waals surface area (Å²) < 4.78 is 0. The van der Waals surface area contributed by atoms with Crippen LogP contribution in [0.4, 0.5) is 0 Å². The van der Waals surface area contributed by atoms with Crippen LogP contribution in [0.1, 0.15) is 16.8 Å². The first-order valence-electron chi connectivity index (χ1n) is 4.48. The van der Waals surface area contributed by atoms with Gasteiger partial charge in [-0.05, 0) is 18.2 Å². The number of Topliss-reactive ketones (excluding diaryl/α,β-unsaturated/α-hetero) is 1. The van der Waals surface area contributed by atoms with Crippen molar-refractivity contribution in [1.82, 2.24) is 0 Å². The van der Waals surface area contributed by atoms with Gasteiger partial charge in [-0.2, -0.15) is 5.26 Å². The normalized spacial score (nSPS) is 20.8. The van der Waals surface area contributed by atoms with Gasteiger partial charge in [-0.1, -0.05) is 18.2 Å². The van der Waals surface area contributed by atoms with Gasteiger partial charge in [-0.25, -0.2) is 0 Å². The van der Waals surface area contributed by atoms with Gasteiger partial charge in [0, 0.05) is 10.5 Å². The van der Waals surface area contributed by atoms with Crippen LogP contribution in [0.25, 0.3) is 0 Å². The maximum Gasteiger partial charge on any atom is 0.181 e. The second-order valence-corrected chi connectivity index (χ2v) is 4.32. The van der Waals surface area contributed by atoms with E-state index in [2.05, 4.69) is 6.07 Å². The zero-order chi connectivity index (χ0) is 9.97. The molecule has 0 amide bonds. The number of carbonyl (C=O) groups is 1. The third-order valence-corrected chi connectivity index (χ3v) is 3.40.